The van der Waals surface area contributed by atoms with E-state index in [-0.39, 0.29) is 16.9 Å². The van der Waals surface area contributed by atoms with Crippen LogP contribution < -0.4 is 10.6 Å². The quantitative estimate of drug-likeness (QED) is 0.468. The highest BCUT2D eigenvalue weighted by Gasteiger charge is 2.10. The maximum absolute atomic E-state index is 13.4. The molecule has 0 saturated heterocycles. The third-order valence-corrected chi connectivity index (χ3v) is 4.23. The molecule has 0 spiro atoms. The molecule has 0 fully saturated rings. The Kier molecular flexibility index (Phi) is 6.57. The van der Waals surface area contributed by atoms with Crippen molar-refractivity contribution in [1.29, 1.82) is 0 Å². The minimum atomic E-state index is -0.535. The number of amides is 1. The van der Waals surface area contributed by atoms with Crippen LogP contribution >= 0.6 is 23.2 Å². The van der Waals surface area contributed by atoms with Crippen LogP contribution in [0.4, 0.5) is 10.1 Å². The van der Waals surface area contributed by atoms with Crippen LogP contribution in [0.1, 0.15) is 15.9 Å². The fourth-order valence-corrected chi connectivity index (χ4v) is 2.57. The first kappa shape index (κ1) is 19.8. The summed E-state index contributed by atoms with van der Waals surface area (Å²) in [7, 11) is 0. The molecule has 0 atom stereocenters. The van der Waals surface area contributed by atoms with Gasteiger partial charge in [-0.2, -0.15) is 0 Å². The van der Waals surface area contributed by atoms with Crippen molar-refractivity contribution in [3.63, 3.8) is 0 Å². The number of guanidine groups is 1. The Hall–Kier alpha value is -2.96. The highest BCUT2D eigenvalue weighted by atomic mass is 35.5. The van der Waals surface area contributed by atoms with E-state index in [1.807, 2.05) is 12.1 Å². The Labute approximate surface area is 171 Å². The number of benzene rings is 2. The highest BCUT2D eigenvalue weighted by molar-refractivity contribution is 6.31. The minimum Gasteiger partial charge on any atom is -0.326 e. The first-order chi connectivity index (χ1) is 13.5. The van der Waals surface area contributed by atoms with Crippen LogP contribution in [0.3, 0.4) is 0 Å². The summed E-state index contributed by atoms with van der Waals surface area (Å²) >= 11 is 11.7. The molecule has 5 nitrogen and oxygen atoms in total. The zero-order valence-corrected chi connectivity index (χ0v) is 16.0. The Balaban J connectivity index is 1.81. The first-order valence-electron chi connectivity index (χ1n) is 8.23. The highest BCUT2D eigenvalue weighted by Crippen LogP contribution is 2.19. The summed E-state index contributed by atoms with van der Waals surface area (Å²) < 4.78 is 13.4. The van der Waals surface area contributed by atoms with Crippen molar-refractivity contribution >= 4 is 40.8 Å². The monoisotopic (exact) mass is 416 g/mol. The number of nitrogens with one attached hydrogen (secondary N) is 2. The van der Waals surface area contributed by atoms with Crippen molar-refractivity contribution in [2.75, 3.05) is 5.32 Å². The van der Waals surface area contributed by atoms with E-state index in [4.69, 9.17) is 23.2 Å². The predicted molar refractivity (Wildman–Crippen MR) is 109 cm³/mol. The van der Waals surface area contributed by atoms with Crippen LogP contribution in [0, 0.1) is 5.82 Å². The number of halogens is 3. The van der Waals surface area contributed by atoms with Gasteiger partial charge in [-0.05, 0) is 60.2 Å². The lowest BCUT2D eigenvalue weighted by Crippen LogP contribution is -2.36. The third kappa shape index (κ3) is 5.52. The van der Waals surface area contributed by atoms with Crippen LogP contribution in [0.5, 0.6) is 0 Å². The van der Waals surface area contributed by atoms with Crippen molar-refractivity contribution in [3.05, 3.63) is 94.0 Å². The smallest absolute Gasteiger partial charge is 0.257 e. The largest absolute Gasteiger partial charge is 0.326 e. The molecule has 28 heavy (non-hydrogen) atoms. The van der Waals surface area contributed by atoms with Crippen LogP contribution in [0.15, 0.2) is 72.0 Å². The van der Waals surface area contributed by atoms with Gasteiger partial charge >= 0.3 is 0 Å². The number of anilines is 1. The molecule has 8 heteroatoms. The van der Waals surface area contributed by atoms with Gasteiger partial charge in [-0.1, -0.05) is 23.2 Å². The fraction of sp³-hybridized carbons (Fsp3) is 0.0500. The number of rotatable bonds is 4. The van der Waals surface area contributed by atoms with E-state index in [1.165, 1.54) is 18.2 Å². The summed E-state index contributed by atoms with van der Waals surface area (Å²) in [6.45, 7) is 0.306. The fourth-order valence-electron chi connectivity index (χ4n) is 2.26. The molecular formula is C20H15Cl2FN4O. The van der Waals surface area contributed by atoms with E-state index in [0.29, 0.717) is 22.8 Å². The van der Waals surface area contributed by atoms with Crippen LogP contribution in [-0.2, 0) is 6.54 Å². The standard InChI is InChI=1S/C20H15Cl2FN4O/c21-15-3-1-14(2-4-15)19(28)27-20(25-12-13-7-9-24-10-8-13)26-16-5-6-18(23)17(22)11-16/h1-11H,12H2,(H2,25,26,27,28). The molecule has 0 radical (unpaired) electrons. The number of aromatic nitrogens is 1. The number of carbonyl (C=O) groups is 1. The number of hydrogen-bond acceptors (Lipinski definition) is 3. The number of aliphatic imine (C=N–C) groups is 1. The molecule has 0 unspecified atom stereocenters. The lowest BCUT2D eigenvalue weighted by Gasteiger charge is -2.12. The van der Waals surface area contributed by atoms with E-state index in [1.54, 1.807) is 36.7 Å². The first-order valence-corrected chi connectivity index (χ1v) is 8.99. The molecule has 0 bridgehead atoms. The van der Waals surface area contributed by atoms with Gasteiger partial charge in [0.2, 0.25) is 5.96 Å². The zero-order chi connectivity index (χ0) is 19.9. The summed E-state index contributed by atoms with van der Waals surface area (Å²) in [5.41, 5.74) is 1.81. The second kappa shape index (κ2) is 9.30. The van der Waals surface area contributed by atoms with Gasteiger partial charge in [-0.25, -0.2) is 9.38 Å². The predicted octanol–water partition coefficient (Wildman–Crippen LogP) is 4.93. The number of pyridine rings is 1. The maximum Gasteiger partial charge on any atom is 0.257 e. The molecule has 0 aliphatic carbocycles. The lowest BCUT2D eigenvalue weighted by atomic mass is 10.2. The van der Waals surface area contributed by atoms with E-state index in [2.05, 4.69) is 20.6 Å². The SMILES string of the molecule is O=C(NC(=NCc1ccncc1)Nc1ccc(F)c(Cl)c1)c1ccc(Cl)cc1. The van der Waals surface area contributed by atoms with Crippen molar-refractivity contribution < 1.29 is 9.18 Å². The second-order valence-corrected chi connectivity index (χ2v) is 6.58. The van der Waals surface area contributed by atoms with Gasteiger partial charge in [0.05, 0.1) is 11.6 Å². The zero-order valence-electron chi connectivity index (χ0n) is 14.5. The summed E-state index contributed by atoms with van der Waals surface area (Å²) in [4.78, 5) is 20.9. The van der Waals surface area contributed by atoms with Gasteiger partial charge < -0.3 is 5.32 Å². The van der Waals surface area contributed by atoms with Crippen LogP contribution in [-0.4, -0.2) is 16.9 Å². The van der Waals surface area contributed by atoms with Gasteiger partial charge in [0.15, 0.2) is 0 Å². The van der Waals surface area contributed by atoms with Crippen molar-refractivity contribution in [3.8, 4) is 0 Å². The molecule has 0 aliphatic rings. The molecule has 142 valence electrons. The van der Waals surface area contributed by atoms with E-state index in [9.17, 15) is 9.18 Å². The van der Waals surface area contributed by atoms with Crippen molar-refractivity contribution in [2.45, 2.75) is 6.54 Å². The number of nitrogens with zero attached hydrogens (tertiary/aromatic N) is 2. The Morgan fingerprint density at radius 3 is 2.43 bits per heavy atom. The summed E-state index contributed by atoms with van der Waals surface area (Å²) in [6.07, 6.45) is 3.31. The van der Waals surface area contributed by atoms with E-state index < -0.39 is 5.82 Å². The van der Waals surface area contributed by atoms with Gasteiger partial charge in [0, 0.05) is 28.7 Å². The van der Waals surface area contributed by atoms with Crippen molar-refractivity contribution in [1.82, 2.24) is 10.3 Å². The molecular weight excluding hydrogens is 402 g/mol. The van der Waals surface area contributed by atoms with Gasteiger partial charge in [-0.15, -0.1) is 0 Å². The number of carbonyl (C=O) groups excluding carboxylic acids is 1. The molecule has 2 N–H and O–H groups in total. The minimum absolute atomic E-state index is 0.0393. The second-order valence-electron chi connectivity index (χ2n) is 5.74. The third-order valence-electron chi connectivity index (χ3n) is 3.69. The molecule has 2 aromatic carbocycles. The average Bonchev–Trinajstić information content (AvgIpc) is 2.70. The Morgan fingerprint density at radius 1 is 1.04 bits per heavy atom. The maximum atomic E-state index is 13.4. The Morgan fingerprint density at radius 2 is 1.75 bits per heavy atom. The van der Waals surface area contributed by atoms with Gasteiger partial charge in [-0.3, -0.25) is 15.1 Å². The summed E-state index contributed by atoms with van der Waals surface area (Å²) in [5.74, 6) is -0.710. The van der Waals surface area contributed by atoms with E-state index >= 15 is 0 Å². The summed E-state index contributed by atoms with van der Waals surface area (Å²) in [5, 5.41) is 6.16. The van der Waals surface area contributed by atoms with Crippen LogP contribution in [0.2, 0.25) is 10.0 Å². The summed E-state index contributed by atoms with van der Waals surface area (Å²) in [6, 6.07) is 14.2. The van der Waals surface area contributed by atoms with E-state index in [0.717, 1.165) is 5.56 Å². The Bertz CT molecular complexity index is 995. The molecule has 0 aliphatic heterocycles. The molecule has 0 saturated carbocycles. The molecule has 3 aromatic rings. The molecule has 3 rings (SSSR count). The molecule has 1 amide bonds. The van der Waals surface area contributed by atoms with Gasteiger partial charge in [0.1, 0.15) is 5.82 Å². The normalized spacial score (nSPS) is 11.2. The van der Waals surface area contributed by atoms with Crippen LogP contribution in [0.25, 0.3) is 0 Å². The lowest BCUT2D eigenvalue weighted by molar-refractivity contribution is 0.0977. The van der Waals surface area contributed by atoms with Crippen molar-refractivity contribution in [2.24, 2.45) is 4.99 Å². The molecule has 1 aromatic heterocycles. The number of hydrogen-bond donors (Lipinski definition) is 2. The van der Waals surface area contributed by atoms with Gasteiger partial charge in [0.25, 0.3) is 5.91 Å². The average molecular weight is 417 g/mol. The molecule has 1 heterocycles. The topological polar surface area (TPSA) is 66.4 Å².